The summed E-state index contributed by atoms with van der Waals surface area (Å²) in [5.41, 5.74) is 0. The molecule has 0 aromatic rings. The average molecular weight is 86.2 g/mol. The van der Waals surface area contributed by atoms with Gasteiger partial charge < -0.3 is 0 Å². The van der Waals surface area contributed by atoms with Crippen molar-refractivity contribution in [1.82, 2.24) is 0 Å². The predicted molar refractivity (Wildman–Crippen MR) is 29.2 cm³/mol. The molecule has 0 aromatic heterocycles. The summed E-state index contributed by atoms with van der Waals surface area (Å²) in [6.45, 7) is 4.39. The van der Waals surface area contributed by atoms with Crippen molar-refractivity contribution in [2.75, 3.05) is 0 Å². The monoisotopic (exact) mass is 86.1 g/mol. The minimum absolute atomic E-state index is 0.124. The van der Waals surface area contributed by atoms with Crippen LogP contribution in [0.15, 0.2) is 0 Å². The van der Waals surface area contributed by atoms with Gasteiger partial charge in [-0.15, -0.1) is 6.17 Å². The third-order valence-corrected chi connectivity index (χ3v) is 1.81. The van der Waals surface area contributed by atoms with Crippen molar-refractivity contribution < 1.29 is 0 Å². The molecule has 0 heterocycles. The van der Waals surface area contributed by atoms with Crippen LogP contribution in [0.2, 0.25) is 12.6 Å². The van der Waals surface area contributed by atoms with Crippen LogP contribution in [0.25, 0.3) is 0 Å². The van der Waals surface area contributed by atoms with Crippen LogP contribution >= 0.6 is 0 Å². The minimum Gasteiger partial charge on any atom is -0.119 e. The lowest BCUT2D eigenvalue weighted by atomic mass is 11.0. The standard InChI is InChI=1S/C4H10Si/c1-4-5(2)3/h2,4H2,1,3H3. The van der Waals surface area contributed by atoms with E-state index >= 15 is 0 Å². The average Bonchev–Trinajstić information content (AvgIpc) is 1.38. The Balaban J connectivity index is 2.85. The summed E-state index contributed by atoms with van der Waals surface area (Å²) >= 11 is 0. The molecule has 0 saturated heterocycles. The Kier molecular flexibility index (Phi) is 2.37. The maximum atomic E-state index is 3.86. The molecule has 0 fully saturated rings. The minimum atomic E-state index is -0.124. The van der Waals surface area contributed by atoms with Crippen LogP contribution in [0.3, 0.4) is 0 Å². The molecule has 0 saturated carbocycles. The molecule has 0 N–H and O–H groups in total. The molecule has 0 bridgehead atoms. The second-order valence-electron chi connectivity index (χ2n) is 1.31. The van der Waals surface area contributed by atoms with E-state index in [0.717, 1.165) is 0 Å². The van der Waals surface area contributed by atoms with Crippen molar-refractivity contribution in [3.05, 3.63) is 0 Å². The topological polar surface area (TPSA) is 0 Å². The van der Waals surface area contributed by atoms with Gasteiger partial charge in [-0.05, 0) is 14.5 Å². The molecule has 30 valence electrons. The largest absolute Gasteiger partial charge is 0.119 e. The molecule has 0 amide bonds. The Bertz CT molecular complexity index is 38.9. The van der Waals surface area contributed by atoms with Gasteiger partial charge in [-0.25, -0.2) is 0 Å². The van der Waals surface area contributed by atoms with Gasteiger partial charge in [-0.3, -0.25) is 0 Å². The highest BCUT2D eigenvalue weighted by Crippen LogP contribution is 1.71. The maximum absolute atomic E-state index is 3.86. The Morgan fingerprint density at radius 1 is 1.80 bits per heavy atom. The first kappa shape index (κ1) is 5.09. The van der Waals surface area contributed by atoms with E-state index in [2.05, 4.69) is 19.6 Å². The van der Waals surface area contributed by atoms with E-state index in [9.17, 15) is 0 Å². The zero-order valence-electron chi connectivity index (χ0n) is 3.91. The molecule has 0 aromatic carbocycles. The highest BCUT2D eigenvalue weighted by Gasteiger charge is 1.70. The van der Waals surface area contributed by atoms with Gasteiger partial charge >= 0.3 is 0 Å². The van der Waals surface area contributed by atoms with Crippen LogP contribution in [-0.2, 0) is 0 Å². The molecular formula is C4H10Si. The van der Waals surface area contributed by atoms with Crippen molar-refractivity contribution >= 4 is 14.6 Å². The normalized spacial score (nSPS) is 7.60. The second-order valence-corrected chi connectivity index (χ2v) is 3.93. The van der Waals surface area contributed by atoms with Gasteiger partial charge in [-0.1, -0.05) is 13.5 Å². The highest BCUT2D eigenvalue weighted by atomic mass is 28.2. The third kappa shape index (κ3) is 4.09. The van der Waals surface area contributed by atoms with Crippen molar-refractivity contribution in [1.29, 1.82) is 0 Å². The highest BCUT2D eigenvalue weighted by molar-refractivity contribution is 6.60. The summed E-state index contributed by atoms with van der Waals surface area (Å²) in [5.74, 6) is 0. The predicted octanol–water partition coefficient (Wildman–Crippen LogP) is 1.14. The summed E-state index contributed by atoms with van der Waals surface area (Å²) in [4.78, 5) is 0. The second kappa shape index (κ2) is 2.33. The zero-order chi connectivity index (χ0) is 4.28. The van der Waals surface area contributed by atoms with Crippen LogP contribution in [0.4, 0.5) is 0 Å². The van der Waals surface area contributed by atoms with E-state index in [1.807, 2.05) is 0 Å². The van der Waals surface area contributed by atoms with Crippen LogP contribution in [0.5, 0.6) is 0 Å². The van der Waals surface area contributed by atoms with Gasteiger partial charge in [0, 0.05) is 0 Å². The summed E-state index contributed by atoms with van der Waals surface area (Å²) in [6.07, 6.45) is 3.86. The molecule has 5 heavy (non-hydrogen) atoms. The van der Waals surface area contributed by atoms with E-state index < -0.39 is 0 Å². The third-order valence-electron chi connectivity index (χ3n) is 0.604. The quantitative estimate of drug-likeness (QED) is 0.420. The van der Waals surface area contributed by atoms with Gasteiger partial charge in [-0.2, -0.15) is 0 Å². The molecule has 0 aliphatic rings. The first-order valence-electron chi connectivity index (χ1n) is 1.91. The number of rotatable bonds is 1. The zero-order valence-corrected chi connectivity index (χ0v) is 4.91. The van der Waals surface area contributed by atoms with Crippen molar-refractivity contribution in [3.8, 4) is 0 Å². The molecule has 0 spiro atoms. The summed E-state index contributed by atoms with van der Waals surface area (Å²) in [7, 11) is -0.124. The Morgan fingerprint density at radius 3 is 2.00 bits per heavy atom. The first-order valence-corrected chi connectivity index (χ1v) is 4.33. The molecule has 0 aliphatic heterocycles. The van der Waals surface area contributed by atoms with Crippen LogP contribution < -0.4 is 0 Å². The van der Waals surface area contributed by atoms with E-state index in [1.54, 1.807) is 0 Å². The lowest BCUT2D eigenvalue weighted by Crippen LogP contribution is -1.84. The lowest BCUT2D eigenvalue weighted by Gasteiger charge is -1.77. The summed E-state index contributed by atoms with van der Waals surface area (Å²) in [5, 5.41) is 0. The van der Waals surface area contributed by atoms with Crippen LogP contribution in [-0.4, -0.2) is 14.6 Å². The maximum Gasteiger partial charge on any atom is -0.00169 e. The molecular weight excluding hydrogens is 76.1 g/mol. The smallest absolute Gasteiger partial charge is 0.00169 e. The Labute approximate surface area is 35.1 Å². The summed E-state index contributed by atoms with van der Waals surface area (Å²) < 4.78 is 0. The van der Waals surface area contributed by atoms with Gasteiger partial charge in [0.05, 0.1) is 0 Å². The van der Waals surface area contributed by atoms with E-state index in [-0.39, 0.29) is 8.41 Å². The van der Waals surface area contributed by atoms with Gasteiger partial charge in [0.25, 0.3) is 0 Å². The molecule has 0 radical (unpaired) electrons. The van der Waals surface area contributed by atoms with Gasteiger partial charge in [0.15, 0.2) is 0 Å². The van der Waals surface area contributed by atoms with Crippen LogP contribution in [0.1, 0.15) is 6.92 Å². The Morgan fingerprint density at radius 2 is 2.00 bits per heavy atom. The lowest BCUT2D eigenvalue weighted by molar-refractivity contribution is 1.45. The van der Waals surface area contributed by atoms with Crippen molar-refractivity contribution in [3.63, 3.8) is 0 Å². The fourth-order valence-electron chi connectivity index (χ4n) is 0. The van der Waals surface area contributed by atoms with E-state index in [0.29, 0.717) is 0 Å². The van der Waals surface area contributed by atoms with Crippen molar-refractivity contribution in [2.45, 2.75) is 19.5 Å². The van der Waals surface area contributed by atoms with Gasteiger partial charge in [0.2, 0.25) is 0 Å². The van der Waals surface area contributed by atoms with Crippen molar-refractivity contribution in [2.24, 2.45) is 0 Å². The van der Waals surface area contributed by atoms with Crippen LogP contribution in [0, 0.1) is 0 Å². The fraction of sp³-hybridized carbons (Fsp3) is 0.750. The molecule has 0 atom stereocenters. The van der Waals surface area contributed by atoms with E-state index in [4.69, 9.17) is 0 Å². The van der Waals surface area contributed by atoms with Gasteiger partial charge in [0.1, 0.15) is 0 Å². The molecule has 0 rings (SSSR count). The molecule has 0 unspecified atom stereocenters. The van der Waals surface area contributed by atoms with E-state index in [1.165, 1.54) is 6.04 Å². The molecule has 0 aliphatic carbocycles. The Hall–Kier alpha value is 0.0869. The number of hydrogen-bond acceptors (Lipinski definition) is 0. The molecule has 1 heteroatoms. The first-order chi connectivity index (χ1) is 2.27. The fourth-order valence-corrected chi connectivity index (χ4v) is 0. The SMILES string of the molecule is C=[Si](C)CC. The number of hydrogen-bond donors (Lipinski definition) is 0. The summed E-state index contributed by atoms with van der Waals surface area (Å²) in [6, 6.07) is 1.30. The molecule has 0 nitrogen and oxygen atoms in total.